The number of hydrogen-bond acceptors (Lipinski definition) is 4. The van der Waals surface area contributed by atoms with Crippen LogP contribution in [0.4, 0.5) is 5.69 Å². The van der Waals surface area contributed by atoms with Crippen LogP contribution in [-0.2, 0) is 6.54 Å². The van der Waals surface area contributed by atoms with Gasteiger partial charge in [-0.3, -0.25) is 5.10 Å². The maximum Gasteiger partial charge on any atom is 0.191 e. The Morgan fingerprint density at radius 1 is 1.19 bits per heavy atom. The third-order valence-electron chi connectivity index (χ3n) is 5.26. The number of H-pyrrole nitrogens is 1. The van der Waals surface area contributed by atoms with Gasteiger partial charge in [-0.25, -0.2) is 9.98 Å². The number of aromatic nitrogens is 3. The van der Waals surface area contributed by atoms with Crippen molar-refractivity contribution in [1.29, 1.82) is 0 Å². The van der Waals surface area contributed by atoms with Crippen LogP contribution in [0.3, 0.4) is 0 Å². The van der Waals surface area contributed by atoms with Crippen molar-refractivity contribution in [2.75, 3.05) is 24.5 Å². The predicted octanol–water partition coefficient (Wildman–Crippen LogP) is 3.81. The van der Waals surface area contributed by atoms with Crippen LogP contribution in [0.5, 0.6) is 0 Å². The second kappa shape index (κ2) is 11.7. The van der Waals surface area contributed by atoms with Gasteiger partial charge >= 0.3 is 0 Å². The van der Waals surface area contributed by atoms with Gasteiger partial charge in [0.05, 0.1) is 6.54 Å². The van der Waals surface area contributed by atoms with Gasteiger partial charge < -0.3 is 15.5 Å². The summed E-state index contributed by atoms with van der Waals surface area (Å²) in [6.07, 6.45) is 3.84. The summed E-state index contributed by atoms with van der Waals surface area (Å²) in [5.74, 6) is 1.64. The zero-order chi connectivity index (χ0) is 20.6. The van der Waals surface area contributed by atoms with Gasteiger partial charge in [-0.1, -0.05) is 36.4 Å². The molecule has 3 N–H and O–H groups in total. The molecule has 3 aromatic rings. The van der Waals surface area contributed by atoms with Gasteiger partial charge in [0.2, 0.25) is 0 Å². The average molecular weight is 531 g/mol. The standard InChI is InChI=1S/C23H29N7.HI/c1-2-24-23(25-15-18-8-6-9-19(14-18)22-26-17-27-29-22)28-20-10-7-13-30(16-20)21-11-4-3-5-12-21;/h3-6,8-9,11-12,14,17,20H,2,7,10,13,15-16H2,1H3,(H2,24,25,28)(H,26,27,29);1H. The van der Waals surface area contributed by atoms with Gasteiger partial charge in [-0.2, -0.15) is 5.10 Å². The van der Waals surface area contributed by atoms with Crippen molar-refractivity contribution in [3.8, 4) is 11.4 Å². The zero-order valence-corrected chi connectivity index (χ0v) is 20.1. The van der Waals surface area contributed by atoms with E-state index in [1.807, 2.05) is 12.1 Å². The van der Waals surface area contributed by atoms with Gasteiger partial charge in [0.1, 0.15) is 6.33 Å². The van der Waals surface area contributed by atoms with E-state index in [0.29, 0.717) is 12.6 Å². The summed E-state index contributed by atoms with van der Waals surface area (Å²) in [5, 5.41) is 13.9. The highest BCUT2D eigenvalue weighted by molar-refractivity contribution is 14.0. The largest absolute Gasteiger partial charge is 0.369 e. The molecule has 1 atom stereocenters. The smallest absolute Gasteiger partial charge is 0.191 e. The van der Waals surface area contributed by atoms with Crippen LogP contribution in [0, 0.1) is 0 Å². The van der Waals surface area contributed by atoms with Crippen LogP contribution < -0.4 is 15.5 Å². The molecule has 1 saturated heterocycles. The number of aromatic amines is 1. The van der Waals surface area contributed by atoms with E-state index in [1.165, 1.54) is 18.4 Å². The molecule has 7 nitrogen and oxygen atoms in total. The highest BCUT2D eigenvalue weighted by Crippen LogP contribution is 2.19. The maximum atomic E-state index is 4.83. The second-order valence-electron chi connectivity index (χ2n) is 7.49. The Morgan fingerprint density at radius 3 is 2.84 bits per heavy atom. The van der Waals surface area contributed by atoms with E-state index in [4.69, 9.17) is 4.99 Å². The van der Waals surface area contributed by atoms with Gasteiger partial charge in [-0.15, -0.1) is 24.0 Å². The Kier molecular flexibility index (Phi) is 8.69. The molecule has 1 unspecified atom stereocenters. The number of piperidine rings is 1. The number of nitrogens with zero attached hydrogens (tertiary/aromatic N) is 4. The minimum Gasteiger partial charge on any atom is -0.369 e. The van der Waals surface area contributed by atoms with E-state index < -0.39 is 0 Å². The molecular weight excluding hydrogens is 501 g/mol. The van der Waals surface area contributed by atoms with E-state index in [-0.39, 0.29) is 24.0 Å². The van der Waals surface area contributed by atoms with Crippen LogP contribution in [-0.4, -0.2) is 46.8 Å². The highest BCUT2D eigenvalue weighted by Gasteiger charge is 2.20. The molecule has 2 aromatic carbocycles. The molecule has 1 aliphatic rings. The lowest BCUT2D eigenvalue weighted by Crippen LogP contribution is -2.51. The fourth-order valence-corrected chi connectivity index (χ4v) is 3.81. The van der Waals surface area contributed by atoms with Crippen molar-refractivity contribution < 1.29 is 0 Å². The molecule has 31 heavy (non-hydrogen) atoms. The monoisotopic (exact) mass is 531 g/mol. The van der Waals surface area contributed by atoms with Crippen LogP contribution >= 0.6 is 24.0 Å². The van der Waals surface area contributed by atoms with Gasteiger partial charge in [0.25, 0.3) is 0 Å². The predicted molar refractivity (Wildman–Crippen MR) is 137 cm³/mol. The first-order chi connectivity index (χ1) is 14.8. The Bertz CT molecular complexity index is 944. The third kappa shape index (κ3) is 6.43. The molecule has 0 bridgehead atoms. The van der Waals surface area contributed by atoms with Crippen LogP contribution in [0.1, 0.15) is 25.3 Å². The van der Waals surface area contributed by atoms with Crippen molar-refractivity contribution in [3.05, 3.63) is 66.5 Å². The quantitative estimate of drug-likeness (QED) is 0.256. The summed E-state index contributed by atoms with van der Waals surface area (Å²) in [4.78, 5) is 11.5. The fourth-order valence-electron chi connectivity index (χ4n) is 3.81. The van der Waals surface area contributed by atoms with Crippen molar-refractivity contribution in [3.63, 3.8) is 0 Å². The Morgan fingerprint density at radius 2 is 2.06 bits per heavy atom. The number of nitrogens with one attached hydrogen (secondary N) is 3. The maximum absolute atomic E-state index is 4.83. The Hall–Kier alpha value is -2.62. The summed E-state index contributed by atoms with van der Waals surface area (Å²) >= 11 is 0. The van der Waals surface area contributed by atoms with Crippen molar-refractivity contribution in [1.82, 2.24) is 25.8 Å². The average Bonchev–Trinajstić information content (AvgIpc) is 3.34. The number of hydrogen-bond donors (Lipinski definition) is 3. The number of anilines is 1. The molecule has 0 spiro atoms. The van der Waals surface area contributed by atoms with Crippen molar-refractivity contribution in [2.45, 2.75) is 32.4 Å². The number of aliphatic imine (C=N–C) groups is 1. The molecule has 1 aromatic heterocycles. The Labute approximate surface area is 200 Å². The molecule has 0 aliphatic carbocycles. The minimum absolute atomic E-state index is 0. The minimum atomic E-state index is 0. The van der Waals surface area contributed by atoms with E-state index >= 15 is 0 Å². The van der Waals surface area contributed by atoms with Crippen LogP contribution in [0.2, 0.25) is 0 Å². The van der Waals surface area contributed by atoms with Gasteiger partial charge in [0.15, 0.2) is 11.8 Å². The van der Waals surface area contributed by atoms with Crippen LogP contribution in [0.25, 0.3) is 11.4 Å². The lowest BCUT2D eigenvalue weighted by atomic mass is 10.0. The van der Waals surface area contributed by atoms with Gasteiger partial charge in [0, 0.05) is 36.9 Å². The number of benzene rings is 2. The molecule has 8 heteroatoms. The highest BCUT2D eigenvalue weighted by atomic mass is 127. The first kappa shape index (κ1) is 23.1. The summed E-state index contributed by atoms with van der Waals surface area (Å²) < 4.78 is 0. The lowest BCUT2D eigenvalue weighted by Gasteiger charge is -2.35. The molecule has 2 heterocycles. The summed E-state index contributed by atoms with van der Waals surface area (Å²) in [5.41, 5.74) is 3.44. The normalized spacial score (nSPS) is 16.5. The Balaban J connectivity index is 0.00000272. The number of halogens is 1. The molecular formula is C23H30IN7. The third-order valence-corrected chi connectivity index (χ3v) is 5.26. The molecule has 1 fully saturated rings. The van der Waals surface area contributed by atoms with E-state index in [2.05, 4.69) is 80.1 Å². The first-order valence-electron chi connectivity index (χ1n) is 10.6. The van der Waals surface area contributed by atoms with E-state index in [1.54, 1.807) is 0 Å². The lowest BCUT2D eigenvalue weighted by molar-refractivity contribution is 0.468. The van der Waals surface area contributed by atoms with E-state index in [0.717, 1.165) is 49.0 Å². The molecule has 164 valence electrons. The molecule has 4 rings (SSSR count). The summed E-state index contributed by atoms with van der Waals surface area (Å²) in [6.45, 7) is 5.62. The second-order valence-corrected chi connectivity index (χ2v) is 7.49. The van der Waals surface area contributed by atoms with E-state index in [9.17, 15) is 0 Å². The number of guanidine groups is 1. The fraction of sp³-hybridized carbons (Fsp3) is 0.348. The summed E-state index contributed by atoms with van der Waals surface area (Å²) in [7, 11) is 0. The van der Waals surface area contributed by atoms with Crippen molar-refractivity contribution in [2.24, 2.45) is 4.99 Å². The molecule has 0 radical (unpaired) electrons. The molecule has 0 amide bonds. The number of rotatable bonds is 6. The topological polar surface area (TPSA) is 81.2 Å². The molecule has 1 aliphatic heterocycles. The zero-order valence-electron chi connectivity index (χ0n) is 17.8. The van der Waals surface area contributed by atoms with Crippen LogP contribution in [0.15, 0.2) is 65.9 Å². The van der Waals surface area contributed by atoms with Crippen molar-refractivity contribution >= 4 is 35.6 Å². The first-order valence-corrected chi connectivity index (χ1v) is 10.6. The number of para-hydroxylation sites is 1. The summed E-state index contributed by atoms with van der Waals surface area (Å²) in [6, 6.07) is 19.3. The van der Waals surface area contributed by atoms with Gasteiger partial charge in [-0.05, 0) is 43.5 Å². The SMILES string of the molecule is CCNC(=NCc1cccc(-c2ncn[nH]2)c1)NC1CCCN(c2ccccc2)C1.I. The molecule has 0 saturated carbocycles.